The van der Waals surface area contributed by atoms with Gasteiger partial charge in [0.2, 0.25) is 11.8 Å². The third kappa shape index (κ3) is 4.83. The SMILES string of the molecule is CC(=O)c1cccc(NC(=O)C[C@H]2SC(=Nc3ccc(C)c(F)c3)NC2=O)c1. The number of amidine groups is 1. The molecule has 1 aliphatic heterocycles. The number of amides is 2. The first-order chi connectivity index (χ1) is 13.3. The van der Waals surface area contributed by atoms with Gasteiger partial charge in [-0.05, 0) is 43.7 Å². The fraction of sp³-hybridized carbons (Fsp3) is 0.200. The van der Waals surface area contributed by atoms with Crippen LogP contribution in [0.3, 0.4) is 0 Å². The van der Waals surface area contributed by atoms with Gasteiger partial charge in [-0.2, -0.15) is 0 Å². The molecule has 1 fully saturated rings. The highest BCUT2D eigenvalue weighted by Gasteiger charge is 2.32. The lowest BCUT2D eigenvalue weighted by molar-refractivity contribution is -0.122. The second-order valence-electron chi connectivity index (χ2n) is 6.34. The summed E-state index contributed by atoms with van der Waals surface area (Å²) in [5.74, 6) is -1.16. The molecule has 0 unspecified atom stereocenters. The minimum absolute atomic E-state index is 0.0535. The van der Waals surface area contributed by atoms with Crippen molar-refractivity contribution in [3.05, 3.63) is 59.4 Å². The van der Waals surface area contributed by atoms with Gasteiger partial charge in [0.05, 0.1) is 5.69 Å². The molecule has 0 bridgehead atoms. The summed E-state index contributed by atoms with van der Waals surface area (Å²) in [7, 11) is 0. The van der Waals surface area contributed by atoms with Crippen LogP contribution in [0.4, 0.5) is 15.8 Å². The molecule has 2 aromatic rings. The number of nitrogens with one attached hydrogen (secondary N) is 2. The van der Waals surface area contributed by atoms with Crippen LogP contribution >= 0.6 is 11.8 Å². The van der Waals surface area contributed by atoms with Crippen molar-refractivity contribution in [2.75, 3.05) is 5.32 Å². The molecule has 0 saturated carbocycles. The van der Waals surface area contributed by atoms with Crippen molar-refractivity contribution in [3.8, 4) is 0 Å². The van der Waals surface area contributed by atoms with Crippen LogP contribution in [0.25, 0.3) is 0 Å². The molecule has 1 aliphatic rings. The van der Waals surface area contributed by atoms with Gasteiger partial charge >= 0.3 is 0 Å². The van der Waals surface area contributed by atoms with E-state index in [0.717, 1.165) is 11.8 Å². The summed E-state index contributed by atoms with van der Waals surface area (Å²) in [5, 5.41) is 4.99. The van der Waals surface area contributed by atoms with Crippen molar-refractivity contribution in [2.24, 2.45) is 4.99 Å². The average Bonchev–Trinajstić information content (AvgIpc) is 2.97. The number of aryl methyl sites for hydroxylation is 1. The first-order valence-corrected chi connectivity index (χ1v) is 9.43. The largest absolute Gasteiger partial charge is 0.326 e. The maximum absolute atomic E-state index is 13.6. The van der Waals surface area contributed by atoms with E-state index in [9.17, 15) is 18.8 Å². The summed E-state index contributed by atoms with van der Waals surface area (Å²) in [6.45, 7) is 3.10. The molecule has 0 radical (unpaired) electrons. The maximum atomic E-state index is 13.6. The molecule has 2 amide bonds. The Labute approximate surface area is 165 Å². The van der Waals surface area contributed by atoms with Crippen LogP contribution in [0.5, 0.6) is 0 Å². The van der Waals surface area contributed by atoms with Crippen LogP contribution in [0, 0.1) is 12.7 Å². The maximum Gasteiger partial charge on any atom is 0.240 e. The summed E-state index contributed by atoms with van der Waals surface area (Å²) in [6, 6.07) is 11.1. The number of rotatable bonds is 5. The highest BCUT2D eigenvalue weighted by Crippen LogP contribution is 2.26. The summed E-state index contributed by atoms with van der Waals surface area (Å²) >= 11 is 1.12. The molecule has 0 spiro atoms. The highest BCUT2D eigenvalue weighted by atomic mass is 32.2. The zero-order valence-corrected chi connectivity index (χ0v) is 16.1. The van der Waals surface area contributed by atoms with Crippen molar-refractivity contribution in [1.29, 1.82) is 0 Å². The number of hydrogen-bond acceptors (Lipinski definition) is 5. The van der Waals surface area contributed by atoms with E-state index in [4.69, 9.17) is 0 Å². The van der Waals surface area contributed by atoms with E-state index in [-0.39, 0.29) is 29.8 Å². The second kappa shape index (κ2) is 8.35. The number of ketones is 1. The number of halogens is 1. The Bertz CT molecular complexity index is 990. The van der Waals surface area contributed by atoms with Gasteiger partial charge in [0.15, 0.2) is 11.0 Å². The monoisotopic (exact) mass is 399 g/mol. The molecule has 8 heteroatoms. The Balaban J connectivity index is 1.63. The topological polar surface area (TPSA) is 87.6 Å². The third-order valence-electron chi connectivity index (χ3n) is 4.09. The Morgan fingerprint density at radius 1 is 1.25 bits per heavy atom. The van der Waals surface area contributed by atoms with Crippen molar-refractivity contribution < 1.29 is 18.8 Å². The van der Waals surface area contributed by atoms with Gasteiger partial charge in [-0.25, -0.2) is 9.38 Å². The average molecular weight is 399 g/mol. The van der Waals surface area contributed by atoms with E-state index in [1.165, 1.54) is 13.0 Å². The number of aliphatic imine (C=N–C) groups is 1. The van der Waals surface area contributed by atoms with Crippen LogP contribution in [-0.4, -0.2) is 28.0 Å². The van der Waals surface area contributed by atoms with Gasteiger partial charge < -0.3 is 10.6 Å². The van der Waals surface area contributed by atoms with Crippen molar-refractivity contribution in [3.63, 3.8) is 0 Å². The van der Waals surface area contributed by atoms with Gasteiger partial charge in [0.25, 0.3) is 0 Å². The molecule has 3 rings (SSSR count). The summed E-state index contributed by atoms with van der Waals surface area (Å²) in [4.78, 5) is 40.0. The number of thioether (sulfide) groups is 1. The number of hydrogen-bond donors (Lipinski definition) is 2. The minimum Gasteiger partial charge on any atom is -0.326 e. The van der Waals surface area contributed by atoms with Gasteiger partial charge in [0, 0.05) is 17.7 Å². The number of carbonyl (C=O) groups is 3. The Morgan fingerprint density at radius 2 is 2.04 bits per heavy atom. The molecule has 6 nitrogen and oxygen atoms in total. The normalized spacial score (nSPS) is 17.5. The predicted octanol–water partition coefficient (Wildman–Crippen LogP) is 3.58. The van der Waals surface area contributed by atoms with Crippen molar-refractivity contribution in [2.45, 2.75) is 25.5 Å². The van der Waals surface area contributed by atoms with E-state index in [2.05, 4.69) is 15.6 Å². The molecule has 144 valence electrons. The predicted molar refractivity (Wildman–Crippen MR) is 107 cm³/mol. The number of anilines is 1. The van der Waals surface area contributed by atoms with Gasteiger partial charge in [-0.3, -0.25) is 14.4 Å². The van der Waals surface area contributed by atoms with Gasteiger partial charge in [0.1, 0.15) is 11.1 Å². The lowest BCUT2D eigenvalue weighted by Gasteiger charge is -2.08. The fourth-order valence-electron chi connectivity index (χ4n) is 2.56. The lowest BCUT2D eigenvalue weighted by atomic mass is 10.1. The standard InChI is InChI=1S/C20H18FN3O3S/c1-11-6-7-15(9-16(11)21)23-20-24-19(27)17(28-20)10-18(26)22-14-5-3-4-13(8-14)12(2)25/h3-9,17H,10H2,1-2H3,(H,22,26)(H,23,24,27)/t17-/m1/s1. The van der Waals surface area contributed by atoms with E-state index < -0.39 is 5.25 Å². The number of Topliss-reactive ketones (excluding diaryl/α,β-unsaturated/α-hetero) is 1. The molecule has 0 aromatic heterocycles. The molecule has 2 N–H and O–H groups in total. The van der Waals surface area contributed by atoms with E-state index >= 15 is 0 Å². The molecular weight excluding hydrogens is 381 g/mol. The second-order valence-corrected chi connectivity index (χ2v) is 7.53. The van der Waals surface area contributed by atoms with Crippen LogP contribution in [0.1, 0.15) is 29.3 Å². The Kier molecular flexibility index (Phi) is 5.89. The van der Waals surface area contributed by atoms with Crippen molar-refractivity contribution in [1.82, 2.24) is 5.32 Å². The third-order valence-corrected chi connectivity index (χ3v) is 5.17. The van der Waals surface area contributed by atoms with Crippen LogP contribution < -0.4 is 10.6 Å². The Morgan fingerprint density at radius 3 is 2.75 bits per heavy atom. The van der Waals surface area contributed by atoms with Crippen molar-refractivity contribution >= 4 is 45.9 Å². The number of carbonyl (C=O) groups excluding carboxylic acids is 3. The quantitative estimate of drug-likeness (QED) is 0.753. The van der Waals surface area contributed by atoms with Crippen LogP contribution in [-0.2, 0) is 9.59 Å². The zero-order valence-electron chi connectivity index (χ0n) is 15.3. The summed E-state index contributed by atoms with van der Waals surface area (Å²) in [6.07, 6.45) is -0.0535. The molecule has 0 aliphatic carbocycles. The van der Waals surface area contributed by atoms with E-state index in [1.54, 1.807) is 43.3 Å². The van der Waals surface area contributed by atoms with Crippen LogP contribution in [0.2, 0.25) is 0 Å². The van der Waals surface area contributed by atoms with Gasteiger partial charge in [-0.15, -0.1) is 0 Å². The smallest absolute Gasteiger partial charge is 0.240 e. The number of benzene rings is 2. The first kappa shape index (κ1) is 19.8. The highest BCUT2D eigenvalue weighted by molar-refractivity contribution is 8.15. The molecule has 1 heterocycles. The molecule has 1 atom stereocenters. The fourth-order valence-corrected chi connectivity index (χ4v) is 3.55. The van der Waals surface area contributed by atoms with E-state index in [1.807, 2.05) is 0 Å². The zero-order chi connectivity index (χ0) is 20.3. The summed E-state index contributed by atoms with van der Waals surface area (Å²) in [5.41, 5.74) is 1.88. The van der Waals surface area contributed by atoms with Crippen LogP contribution in [0.15, 0.2) is 47.5 Å². The molecule has 1 saturated heterocycles. The molecule has 2 aromatic carbocycles. The van der Waals surface area contributed by atoms with Gasteiger partial charge in [-0.1, -0.05) is 30.0 Å². The lowest BCUT2D eigenvalue weighted by Crippen LogP contribution is -2.28. The minimum atomic E-state index is -0.634. The Hall–Kier alpha value is -3.00. The van der Waals surface area contributed by atoms with E-state index in [0.29, 0.717) is 27.7 Å². The molecular formula is C20H18FN3O3S. The first-order valence-electron chi connectivity index (χ1n) is 8.55. The molecule has 28 heavy (non-hydrogen) atoms. The number of nitrogens with zero attached hydrogens (tertiary/aromatic N) is 1. The summed E-state index contributed by atoms with van der Waals surface area (Å²) < 4.78 is 13.6.